The van der Waals surface area contributed by atoms with Gasteiger partial charge >= 0.3 is 12.0 Å². The van der Waals surface area contributed by atoms with Crippen molar-refractivity contribution < 1.29 is 14.7 Å². The van der Waals surface area contributed by atoms with Crippen LogP contribution in [0.15, 0.2) is 18.3 Å². The summed E-state index contributed by atoms with van der Waals surface area (Å²) in [6.07, 6.45) is 1.32. The van der Waals surface area contributed by atoms with Gasteiger partial charge in [-0.15, -0.1) is 0 Å². The Morgan fingerprint density at radius 2 is 2.06 bits per heavy atom. The predicted octanol–water partition coefficient (Wildman–Crippen LogP) is 1.65. The average Bonchev–Trinajstić information content (AvgIpc) is 2.28. The van der Waals surface area contributed by atoms with Crippen molar-refractivity contribution >= 4 is 17.7 Å². The number of nitrogens with one attached hydrogen (secondary N) is 1. The lowest BCUT2D eigenvalue weighted by Crippen LogP contribution is -2.36. The molecule has 0 atom stereocenters. The Morgan fingerprint density at radius 3 is 2.47 bits per heavy atom. The van der Waals surface area contributed by atoms with Crippen LogP contribution < -0.4 is 5.32 Å². The molecule has 1 aromatic heterocycles. The number of carboxylic acids is 1. The van der Waals surface area contributed by atoms with Crippen molar-refractivity contribution in [3.63, 3.8) is 0 Å². The molecular formula is C11H15N3O3. The molecule has 1 rings (SSSR count). The van der Waals surface area contributed by atoms with Crippen LogP contribution in [0, 0.1) is 0 Å². The van der Waals surface area contributed by atoms with Gasteiger partial charge < -0.3 is 15.3 Å². The van der Waals surface area contributed by atoms with E-state index in [1.807, 2.05) is 13.8 Å². The highest BCUT2D eigenvalue weighted by Gasteiger charge is 2.12. The summed E-state index contributed by atoms with van der Waals surface area (Å²) in [6, 6.07) is 2.67. The first-order valence-electron chi connectivity index (χ1n) is 5.15. The molecule has 0 aliphatic carbocycles. The number of aromatic carboxylic acids is 1. The summed E-state index contributed by atoms with van der Waals surface area (Å²) < 4.78 is 0. The number of carbonyl (C=O) groups excluding carboxylic acids is 1. The van der Waals surface area contributed by atoms with Gasteiger partial charge in [0.25, 0.3) is 0 Å². The van der Waals surface area contributed by atoms with Crippen molar-refractivity contribution in [1.82, 2.24) is 9.88 Å². The molecular weight excluding hydrogens is 222 g/mol. The van der Waals surface area contributed by atoms with Gasteiger partial charge in [0.05, 0.1) is 11.9 Å². The van der Waals surface area contributed by atoms with Gasteiger partial charge in [0, 0.05) is 13.1 Å². The molecule has 1 aromatic rings. The zero-order valence-corrected chi connectivity index (χ0v) is 9.97. The zero-order chi connectivity index (χ0) is 13.0. The molecule has 0 saturated heterocycles. The molecule has 0 fully saturated rings. The van der Waals surface area contributed by atoms with Crippen molar-refractivity contribution in [2.24, 2.45) is 0 Å². The molecule has 0 saturated carbocycles. The molecule has 2 amide bonds. The SMILES string of the molecule is CC(C)N(C)C(=O)Nc1ccc(C(=O)O)nc1. The van der Waals surface area contributed by atoms with Crippen LogP contribution in [-0.2, 0) is 0 Å². The van der Waals surface area contributed by atoms with Crippen LogP contribution in [0.25, 0.3) is 0 Å². The molecule has 0 spiro atoms. The molecule has 92 valence electrons. The standard InChI is InChI=1S/C11H15N3O3/c1-7(2)14(3)11(17)13-8-4-5-9(10(15)16)12-6-8/h4-7H,1-3H3,(H,13,17)(H,15,16). The first kappa shape index (κ1) is 13.0. The van der Waals surface area contributed by atoms with Gasteiger partial charge in [-0.25, -0.2) is 14.6 Å². The highest BCUT2D eigenvalue weighted by atomic mass is 16.4. The van der Waals surface area contributed by atoms with Crippen LogP contribution >= 0.6 is 0 Å². The molecule has 2 N–H and O–H groups in total. The molecule has 6 nitrogen and oxygen atoms in total. The smallest absolute Gasteiger partial charge is 0.354 e. The van der Waals surface area contributed by atoms with Crippen LogP contribution in [0.3, 0.4) is 0 Å². The normalized spacial score (nSPS) is 10.1. The van der Waals surface area contributed by atoms with Crippen molar-refractivity contribution in [3.8, 4) is 0 Å². The van der Waals surface area contributed by atoms with Gasteiger partial charge in [0.2, 0.25) is 0 Å². The molecule has 1 heterocycles. The number of anilines is 1. The molecule has 0 bridgehead atoms. The third-order valence-corrected chi connectivity index (χ3v) is 2.33. The summed E-state index contributed by atoms with van der Waals surface area (Å²) in [5.74, 6) is -1.10. The number of amides is 2. The number of hydrogen-bond donors (Lipinski definition) is 2. The number of pyridine rings is 1. The minimum atomic E-state index is -1.10. The Kier molecular flexibility index (Phi) is 4.03. The summed E-state index contributed by atoms with van der Waals surface area (Å²) in [7, 11) is 1.68. The Morgan fingerprint density at radius 1 is 1.41 bits per heavy atom. The first-order valence-corrected chi connectivity index (χ1v) is 5.15. The third-order valence-electron chi connectivity index (χ3n) is 2.33. The van der Waals surface area contributed by atoms with E-state index in [1.165, 1.54) is 23.2 Å². The van der Waals surface area contributed by atoms with E-state index >= 15 is 0 Å². The first-order chi connectivity index (χ1) is 7.91. The Hall–Kier alpha value is -2.11. The number of carbonyl (C=O) groups is 2. The fraction of sp³-hybridized carbons (Fsp3) is 0.364. The van der Waals surface area contributed by atoms with Crippen LogP contribution in [0.4, 0.5) is 10.5 Å². The highest BCUT2D eigenvalue weighted by molar-refractivity contribution is 5.90. The fourth-order valence-corrected chi connectivity index (χ4v) is 1.04. The zero-order valence-electron chi connectivity index (χ0n) is 9.97. The number of nitrogens with zero attached hydrogens (tertiary/aromatic N) is 2. The third kappa shape index (κ3) is 3.44. The summed E-state index contributed by atoms with van der Waals surface area (Å²) in [4.78, 5) is 27.5. The van der Waals surface area contributed by atoms with Gasteiger partial charge in [-0.3, -0.25) is 0 Å². The van der Waals surface area contributed by atoms with E-state index in [9.17, 15) is 9.59 Å². The van der Waals surface area contributed by atoms with E-state index in [1.54, 1.807) is 7.05 Å². The molecule has 0 unspecified atom stereocenters. The van der Waals surface area contributed by atoms with E-state index in [0.29, 0.717) is 5.69 Å². The highest BCUT2D eigenvalue weighted by Crippen LogP contribution is 2.08. The quantitative estimate of drug-likeness (QED) is 0.837. The van der Waals surface area contributed by atoms with Crippen LogP contribution in [0.5, 0.6) is 0 Å². The summed E-state index contributed by atoms with van der Waals surface area (Å²) >= 11 is 0. The predicted molar refractivity (Wildman–Crippen MR) is 63.1 cm³/mol. The number of urea groups is 1. The second-order valence-electron chi connectivity index (χ2n) is 3.87. The van der Waals surface area contributed by atoms with E-state index in [-0.39, 0.29) is 17.8 Å². The van der Waals surface area contributed by atoms with Crippen molar-refractivity contribution in [3.05, 3.63) is 24.0 Å². The molecule has 0 aromatic carbocycles. The Balaban J connectivity index is 2.70. The van der Waals surface area contributed by atoms with Gasteiger partial charge in [-0.2, -0.15) is 0 Å². The lowest BCUT2D eigenvalue weighted by Gasteiger charge is -2.21. The summed E-state index contributed by atoms with van der Waals surface area (Å²) in [6.45, 7) is 3.79. The minimum absolute atomic E-state index is 0.0554. The molecule has 0 aliphatic rings. The number of rotatable bonds is 3. The molecule has 0 radical (unpaired) electrons. The Bertz CT molecular complexity index is 414. The minimum Gasteiger partial charge on any atom is -0.477 e. The van der Waals surface area contributed by atoms with E-state index in [4.69, 9.17) is 5.11 Å². The van der Waals surface area contributed by atoms with E-state index in [0.717, 1.165) is 0 Å². The second kappa shape index (κ2) is 5.29. The second-order valence-corrected chi connectivity index (χ2v) is 3.87. The summed E-state index contributed by atoms with van der Waals surface area (Å²) in [5, 5.41) is 11.3. The number of carboxylic acid groups (broad SMARTS) is 1. The van der Waals surface area contributed by atoms with E-state index < -0.39 is 5.97 Å². The number of aromatic nitrogens is 1. The molecule has 17 heavy (non-hydrogen) atoms. The molecule has 6 heteroatoms. The largest absolute Gasteiger partial charge is 0.477 e. The van der Waals surface area contributed by atoms with Crippen LogP contribution in [-0.4, -0.2) is 40.1 Å². The van der Waals surface area contributed by atoms with Crippen molar-refractivity contribution in [2.45, 2.75) is 19.9 Å². The van der Waals surface area contributed by atoms with E-state index in [2.05, 4.69) is 10.3 Å². The molecule has 0 aliphatic heterocycles. The van der Waals surface area contributed by atoms with Gasteiger partial charge in [-0.1, -0.05) is 0 Å². The monoisotopic (exact) mass is 237 g/mol. The van der Waals surface area contributed by atoms with Crippen molar-refractivity contribution in [1.29, 1.82) is 0 Å². The maximum absolute atomic E-state index is 11.6. The fourth-order valence-electron chi connectivity index (χ4n) is 1.04. The topological polar surface area (TPSA) is 82.5 Å². The van der Waals surface area contributed by atoms with Gasteiger partial charge in [0.15, 0.2) is 0 Å². The summed E-state index contributed by atoms with van der Waals surface area (Å²) in [5.41, 5.74) is 0.410. The maximum Gasteiger partial charge on any atom is 0.354 e. The van der Waals surface area contributed by atoms with Crippen LogP contribution in [0.1, 0.15) is 24.3 Å². The van der Waals surface area contributed by atoms with Gasteiger partial charge in [-0.05, 0) is 26.0 Å². The lowest BCUT2D eigenvalue weighted by molar-refractivity contribution is 0.0690. The van der Waals surface area contributed by atoms with Gasteiger partial charge in [0.1, 0.15) is 5.69 Å². The average molecular weight is 237 g/mol. The lowest BCUT2D eigenvalue weighted by atomic mass is 10.3. The van der Waals surface area contributed by atoms with Crippen LogP contribution in [0.2, 0.25) is 0 Å². The van der Waals surface area contributed by atoms with Crippen molar-refractivity contribution in [2.75, 3.05) is 12.4 Å². The number of hydrogen-bond acceptors (Lipinski definition) is 3. The maximum atomic E-state index is 11.6. The Labute approximate surface area is 99.3 Å².